The van der Waals surface area contributed by atoms with Gasteiger partial charge in [0.15, 0.2) is 5.03 Å². The first kappa shape index (κ1) is 13.5. The van der Waals surface area contributed by atoms with Gasteiger partial charge in [-0.05, 0) is 33.7 Å². The van der Waals surface area contributed by atoms with Gasteiger partial charge < -0.3 is 10.3 Å². The predicted octanol–water partition coefficient (Wildman–Crippen LogP) is 0.481. The van der Waals surface area contributed by atoms with Crippen LogP contribution in [0.4, 0.5) is 0 Å². The minimum Gasteiger partial charge on any atom is -0.332 e. The standard InChI is InChI=1S/C11H20N4O2S/c1-9-13-8-10(14-9)18(16,17)15-6-4-11(2,12-3)5-7-15/h8,12H,4-7H2,1-3H3,(H,13,14). The van der Waals surface area contributed by atoms with Gasteiger partial charge in [0.2, 0.25) is 0 Å². The van der Waals surface area contributed by atoms with Crippen LogP contribution in [0.15, 0.2) is 11.2 Å². The van der Waals surface area contributed by atoms with Crippen LogP contribution >= 0.6 is 0 Å². The summed E-state index contributed by atoms with van der Waals surface area (Å²) in [6.07, 6.45) is 3.02. The first-order valence-electron chi connectivity index (χ1n) is 6.08. The second-order valence-corrected chi connectivity index (χ2v) is 6.95. The minimum atomic E-state index is -3.41. The molecular formula is C11H20N4O2S. The van der Waals surface area contributed by atoms with Crippen LogP contribution in [-0.4, -0.2) is 48.4 Å². The van der Waals surface area contributed by atoms with Crippen molar-refractivity contribution in [1.82, 2.24) is 19.6 Å². The van der Waals surface area contributed by atoms with Crippen LogP contribution in [0.5, 0.6) is 0 Å². The Kier molecular flexibility index (Phi) is 3.48. The van der Waals surface area contributed by atoms with E-state index in [0.29, 0.717) is 18.9 Å². The largest absolute Gasteiger partial charge is 0.332 e. The zero-order valence-electron chi connectivity index (χ0n) is 11.0. The molecule has 1 aromatic heterocycles. The third kappa shape index (κ3) is 2.43. The number of imidazole rings is 1. The first-order chi connectivity index (χ1) is 8.37. The molecule has 18 heavy (non-hydrogen) atoms. The van der Waals surface area contributed by atoms with Crippen LogP contribution in [0.25, 0.3) is 0 Å². The van der Waals surface area contributed by atoms with E-state index in [4.69, 9.17) is 0 Å². The molecule has 102 valence electrons. The van der Waals surface area contributed by atoms with Crippen molar-refractivity contribution in [2.24, 2.45) is 0 Å². The molecule has 0 radical (unpaired) electrons. The van der Waals surface area contributed by atoms with Crippen LogP contribution in [-0.2, 0) is 10.0 Å². The average molecular weight is 272 g/mol. The van der Waals surface area contributed by atoms with Gasteiger partial charge in [0.1, 0.15) is 5.82 Å². The Morgan fingerprint density at radius 1 is 1.44 bits per heavy atom. The fraction of sp³-hybridized carbons (Fsp3) is 0.727. The molecule has 0 bridgehead atoms. The van der Waals surface area contributed by atoms with Crippen molar-refractivity contribution >= 4 is 10.0 Å². The summed E-state index contributed by atoms with van der Waals surface area (Å²) < 4.78 is 26.2. The van der Waals surface area contributed by atoms with Crippen LogP contribution in [0.1, 0.15) is 25.6 Å². The molecule has 0 aromatic carbocycles. The number of hydrogen-bond donors (Lipinski definition) is 2. The third-order valence-corrected chi connectivity index (χ3v) is 5.54. The maximum absolute atomic E-state index is 12.3. The highest BCUT2D eigenvalue weighted by Crippen LogP contribution is 2.25. The van der Waals surface area contributed by atoms with Gasteiger partial charge in [0, 0.05) is 18.6 Å². The fourth-order valence-electron chi connectivity index (χ4n) is 2.14. The number of aryl methyl sites for hydroxylation is 1. The van der Waals surface area contributed by atoms with Gasteiger partial charge >= 0.3 is 0 Å². The number of nitrogens with one attached hydrogen (secondary N) is 2. The van der Waals surface area contributed by atoms with Crippen LogP contribution in [0, 0.1) is 6.92 Å². The van der Waals surface area contributed by atoms with Gasteiger partial charge in [-0.2, -0.15) is 4.31 Å². The molecule has 0 saturated carbocycles. The summed E-state index contributed by atoms with van der Waals surface area (Å²) >= 11 is 0. The number of nitrogens with zero attached hydrogens (tertiary/aromatic N) is 2. The molecule has 0 atom stereocenters. The lowest BCUT2D eigenvalue weighted by Crippen LogP contribution is -2.51. The molecule has 2 heterocycles. The van der Waals surface area contributed by atoms with E-state index < -0.39 is 10.0 Å². The second-order valence-electron chi connectivity index (χ2n) is 5.05. The van der Waals surface area contributed by atoms with Crippen LogP contribution in [0.2, 0.25) is 0 Å². The highest BCUT2D eigenvalue weighted by molar-refractivity contribution is 7.89. The number of sulfonamides is 1. The predicted molar refractivity (Wildman–Crippen MR) is 68.8 cm³/mol. The molecular weight excluding hydrogens is 252 g/mol. The summed E-state index contributed by atoms with van der Waals surface area (Å²) in [7, 11) is -1.49. The number of hydrogen-bond acceptors (Lipinski definition) is 4. The Bertz CT molecular complexity index is 515. The van der Waals surface area contributed by atoms with E-state index in [0.717, 1.165) is 12.8 Å². The van der Waals surface area contributed by atoms with Crippen molar-refractivity contribution in [3.05, 3.63) is 12.0 Å². The molecule has 1 aliphatic heterocycles. The van der Waals surface area contributed by atoms with E-state index in [9.17, 15) is 8.42 Å². The van der Waals surface area contributed by atoms with Gasteiger partial charge in [-0.3, -0.25) is 0 Å². The van der Waals surface area contributed by atoms with E-state index in [1.807, 2.05) is 7.05 Å². The molecule has 1 saturated heterocycles. The summed E-state index contributed by atoms with van der Waals surface area (Å²) in [4.78, 5) is 6.74. The van der Waals surface area contributed by atoms with Crippen LogP contribution in [0.3, 0.4) is 0 Å². The van der Waals surface area contributed by atoms with Crippen molar-refractivity contribution in [2.45, 2.75) is 37.3 Å². The van der Waals surface area contributed by atoms with Gasteiger partial charge in [0.25, 0.3) is 10.0 Å². The summed E-state index contributed by atoms with van der Waals surface area (Å²) in [5, 5.41) is 3.44. The molecule has 6 nitrogen and oxygen atoms in total. The molecule has 2 N–H and O–H groups in total. The monoisotopic (exact) mass is 272 g/mol. The average Bonchev–Trinajstić information content (AvgIpc) is 2.77. The summed E-state index contributed by atoms with van der Waals surface area (Å²) in [6.45, 7) is 4.94. The third-order valence-electron chi connectivity index (χ3n) is 3.73. The van der Waals surface area contributed by atoms with Crippen molar-refractivity contribution in [3.63, 3.8) is 0 Å². The van der Waals surface area contributed by atoms with Gasteiger partial charge in [-0.15, -0.1) is 0 Å². The Morgan fingerprint density at radius 2 is 2.06 bits per heavy atom. The smallest absolute Gasteiger partial charge is 0.260 e. The highest BCUT2D eigenvalue weighted by Gasteiger charge is 2.35. The molecule has 0 spiro atoms. The molecule has 0 aliphatic carbocycles. The van der Waals surface area contributed by atoms with E-state index >= 15 is 0 Å². The Morgan fingerprint density at radius 3 is 2.50 bits per heavy atom. The maximum Gasteiger partial charge on any atom is 0.260 e. The number of H-pyrrole nitrogens is 1. The SMILES string of the molecule is CNC1(C)CCN(S(=O)(=O)c2cnc(C)[nH]2)CC1. The van der Waals surface area contributed by atoms with Gasteiger partial charge in [-0.1, -0.05) is 0 Å². The molecule has 0 amide bonds. The molecule has 0 unspecified atom stereocenters. The Balaban J connectivity index is 2.14. The van der Waals surface area contributed by atoms with E-state index in [1.54, 1.807) is 6.92 Å². The van der Waals surface area contributed by atoms with Crippen LogP contribution < -0.4 is 5.32 Å². The van der Waals surface area contributed by atoms with Crippen molar-refractivity contribution in [3.8, 4) is 0 Å². The maximum atomic E-state index is 12.3. The summed E-state index contributed by atoms with van der Waals surface area (Å²) in [6, 6.07) is 0. The molecule has 7 heteroatoms. The lowest BCUT2D eigenvalue weighted by Gasteiger charge is -2.38. The van der Waals surface area contributed by atoms with E-state index in [2.05, 4.69) is 22.2 Å². The number of aromatic amines is 1. The molecule has 2 rings (SSSR count). The van der Waals surface area contributed by atoms with Crippen molar-refractivity contribution in [2.75, 3.05) is 20.1 Å². The first-order valence-corrected chi connectivity index (χ1v) is 7.52. The van der Waals surface area contributed by atoms with Crippen molar-refractivity contribution < 1.29 is 8.42 Å². The van der Waals surface area contributed by atoms with Gasteiger partial charge in [-0.25, -0.2) is 13.4 Å². The lowest BCUT2D eigenvalue weighted by atomic mass is 9.91. The Labute approximate surface area is 108 Å². The lowest BCUT2D eigenvalue weighted by molar-refractivity contribution is 0.219. The molecule has 1 aromatic rings. The Hall–Kier alpha value is -0.920. The highest BCUT2D eigenvalue weighted by atomic mass is 32.2. The zero-order valence-corrected chi connectivity index (χ0v) is 11.8. The topological polar surface area (TPSA) is 78.1 Å². The normalized spacial score (nSPS) is 21.1. The fourth-order valence-corrected chi connectivity index (χ4v) is 3.54. The minimum absolute atomic E-state index is 0.0376. The summed E-state index contributed by atoms with van der Waals surface area (Å²) in [5.41, 5.74) is 0.0376. The van der Waals surface area contributed by atoms with E-state index in [1.165, 1.54) is 10.5 Å². The quantitative estimate of drug-likeness (QED) is 0.839. The van der Waals surface area contributed by atoms with Crippen molar-refractivity contribution in [1.29, 1.82) is 0 Å². The molecule has 1 aliphatic rings. The molecule has 1 fully saturated rings. The second kappa shape index (κ2) is 4.64. The summed E-state index contributed by atoms with van der Waals surface area (Å²) in [5.74, 6) is 0.616. The van der Waals surface area contributed by atoms with Gasteiger partial charge in [0.05, 0.1) is 6.20 Å². The zero-order chi connectivity index (χ0) is 13.4. The van der Waals surface area contributed by atoms with E-state index in [-0.39, 0.29) is 10.6 Å². The number of piperidine rings is 1. The number of aromatic nitrogens is 2. The number of rotatable bonds is 3.